The van der Waals surface area contributed by atoms with Gasteiger partial charge in [-0.1, -0.05) is 30.3 Å². The minimum atomic E-state index is -1.53. The third-order valence-corrected chi connectivity index (χ3v) is 4.33. The van der Waals surface area contributed by atoms with Crippen molar-refractivity contribution in [3.8, 4) is 0 Å². The molecule has 25 heavy (non-hydrogen) atoms. The van der Waals surface area contributed by atoms with Crippen molar-refractivity contribution in [2.24, 2.45) is 0 Å². The van der Waals surface area contributed by atoms with Gasteiger partial charge in [0.2, 0.25) is 0 Å². The maximum absolute atomic E-state index is 13.6. The van der Waals surface area contributed by atoms with Crippen LogP contribution in [0.5, 0.6) is 0 Å². The highest BCUT2D eigenvalue weighted by molar-refractivity contribution is 6.07. The van der Waals surface area contributed by atoms with Crippen molar-refractivity contribution in [1.29, 1.82) is 0 Å². The van der Waals surface area contributed by atoms with E-state index in [9.17, 15) is 9.18 Å². The van der Waals surface area contributed by atoms with Crippen LogP contribution in [0.4, 0.5) is 4.39 Å². The summed E-state index contributed by atoms with van der Waals surface area (Å²) in [4.78, 5) is 11.2. The lowest BCUT2D eigenvalue weighted by Crippen LogP contribution is -1.97. The van der Waals surface area contributed by atoms with E-state index in [0.29, 0.717) is 16.7 Å². The first-order valence-electron chi connectivity index (χ1n) is 7.77. The SMILES string of the molecule is CC1=C(CC(=O)O)c2cc(F)ccc2/C1=C\c1ccc(C(O)O)cc1. The monoisotopic (exact) mass is 340 g/mol. The van der Waals surface area contributed by atoms with Gasteiger partial charge in [-0.2, -0.15) is 0 Å². The number of benzene rings is 2. The summed E-state index contributed by atoms with van der Waals surface area (Å²) in [7, 11) is 0. The first-order valence-corrected chi connectivity index (χ1v) is 7.77. The van der Waals surface area contributed by atoms with Crippen molar-refractivity contribution >= 4 is 23.2 Å². The van der Waals surface area contributed by atoms with Gasteiger partial charge < -0.3 is 15.3 Å². The van der Waals surface area contributed by atoms with Crippen LogP contribution < -0.4 is 0 Å². The summed E-state index contributed by atoms with van der Waals surface area (Å²) >= 11 is 0. The molecule has 0 bridgehead atoms. The van der Waals surface area contributed by atoms with Crippen LogP contribution in [0.3, 0.4) is 0 Å². The van der Waals surface area contributed by atoms with Gasteiger partial charge in [0.05, 0.1) is 6.42 Å². The molecule has 0 saturated heterocycles. The Hall–Kier alpha value is -2.76. The molecule has 5 heteroatoms. The molecule has 0 unspecified atom stereocenters. The molecule has 4 nitrogen and oxygen atoms in total. The Morgan fingerprint density at radius 3 is 2.40 bits per heavy atom. The predicted octanol–water partition coefficient (Wildman–Crippen LogP) is 3.61. The topological polar surface area (TPSA) is 77.8 Å². The maximum Gasteiger partial charge on any atom is 0.307 e. The fraction of sp³-hybridized carbons (Fsp3) is 0.150. The molecule has 0 fully saturated rings. The summed E-state index contributed by atoms with van der Waals surface area (Å²) in [5, 5.41) is 27.5. The van der Waals surface area contributed by atoms with E-state index in [-0.39, 0.29) is 6.42 Å². The molecule has 3 rings (SSSR count). The molecule has 0 heterocycles. The number of halogens is 1. The van der Waals surface area contributed by atoms with Crippen molar-refractivity contribution in [2.75, 3.05) is 0 Å². The van der Waals surface area contributed by atoms with Crippen LogP contribution in [-0.2, 0) is 4.79 Å². The van der Waals surface area contributed by atoms with Gasteiger partial charge >= 0.3 is 5.97 Å². The summed E-state index contributed by atoms with van der Waals surface area (Å²) in [6.45, 7) is 1.83. The Morgan fingerprint density at radius 2 is 1.80 bits per heavy atom. The number of hydrogen-bond donors (Lipinski definition) is 3. The van der Waals surface area contributed by atoms with Crippen LogP contribution in [0.2, 0.25) is 0 Å². The molecule has 0 spiro atoms. The van der Waals surface area contributed by atoms with Crippen molar-refractivity contribution in [3.63, 3.8) is 0 Å². The van der Waals surface area contributed by atoms with E-state index in [2.05, 4.69) is 0 Å². The summed E-state index contributed by atoms with van der Waals surface area (Å²) in [6, 6.07) is 11.1. The molecular formula is C20H17FO4. The van der Waals surface area contributed by atoms with Crippen LogP contribution in [0, 0.1) is 5.82 Å². The normalized spacial score (nSPS) is 15.2. The quantitative estimate of drug-likeness (QED) is 0.743. The summed E-state index contributed by atoms with van der Waals surface area (Å²) in [5.74, 6) is -1.37. The van der Waals surface area contributed by atoms with Gasteiger partial charge in [-0.3, -0.25) is 4.79 Å². The van der Waals surface area contributed by atoms with Gasteiger partial charge in [0, 0.05) is 5.56 Å². The van der Waals surface area contributed by atoms with Gasteiger partial charge in [-0.15, -0.1) is 0 Å². The number of carbonyl (C=O) groups is 1. The second kappa shape index (κ2) is 6.63. The second-order valence-corrected chi connectivity index (χ2v) is 5.96. The van der Waals surface area contributed by atoms with E-state index in [0.717, 1.165) is 22.3 Å². The molecule has 128 valence electrons. The number of hydrogen-bond acceptors (Lipinski definition) is 3. The lowest BCUT2D eigenvalue weighted by Gasteiger charge is -2.06. The van der Waals surface area contributed by atoms with Gasteiger partial charge in [-0.25, -0.2) is 4.39 Å². The van der Waals surface area contributed by atoms with Crippen molar-refractivity contribution < 1.29 is 24.5 Å². The average Bonchev–Trinajstić information content (AvgIpc) is 2.80. The molecule has 2 aromatic rings. The Morgan fingerprint density at radius 1 is 1.12 bits per heavy atom. The minimum absolute atomic E-state index is 0.171. The Labute approximate surface area is 144 Å². The van der Waals surface area contributed by atoms with Crippen molar-refractivity contribution in [1.82, 2.24) is 0 Å². The summed E-state index contributed by atoms with van der Waals surface area (Å²) in [6.07, 6.45) is 0.185. The summed E-state index contributed by atoms with van der Waals surface area (Å²) in [5.41, 5.74) is 4.85. The molecule has 1 aliphatic carbocycles. The molecule has 0 aliphatic heterocycles. The number of carboxylic acid groups (broad SMARTS) is 1. The Bertz CT molecular complexity index is 892. The molecule has 0 radical (unpaired) electrons. The molecule has 0 atom stereocenters. The second-order valence-electron chi connectivity index (χ2n) is 5.96. The van der Waals surface area contributed by atoms with E-state index < -0.39 is 18.1 Å². The smallest absolute Gasteiger partial charge is 0.307 e. The highest BCUT2D eigenvalue weighted by Gasteiger charge is 2.25. The number of rotatable bonds is 4. The molecule has 1 aliphatic rings. The van der Waals surface area contributed by atoms with Gasteiger partial charge in [0.1, 0.15) is 5.82 Å². The standard InChI is InChI=1S/C20H17FO4/c1-11-16(8-12-2-4-13(5-3-12)20(24)25)15-7-6-14(21)9-18(15)17(11)10-19(22)23/h2-9,20,24-25H,10H2,1H3,(H,22,23)/b16-8-. The van der Waals surface area contributed by atoms with Gasteiger partial charge in [0.25, 0.3) is 0 Å². The number of aliphatic carboxylic acids is 1. The van der Waals surface area contributed by atoms with E-state index in [1.807, 2.05) is 13.0 Å². The van der Waals surface area contributed by atoms with Gasteiger partial charge in [0.15, 0.2) is 6.29 Å². The molecule has 0 amide bonds. The summed E-state index contributed by atoms with van der Waals surface area (Å²) < 4.78 is 13.6. The first-order chi connectivity index (χ1) is 11.9. The van der Waals surface area contributed by atoms with Crippen LogP contribution in [0.1, 0.15) is 41.9 Å². The lowest BCUT2D eigenvalue weighted by molar-refractivity contribution is -0.135. The third kappa shape index (κ3) is 3.38. The van der Waals surface area contributed by atoms with Crippen LogP contribution in [0.25, 0.3) is 17.2 Å². The fourth-order valence-corrected chi connectivity index (χ4v) is 3.06. The highest BCUT2D eigenvalue weighted by Crippen LogP contribution is 2.43. The lowest BCUT2D eigenvalue weighted by atomic mass is 10.00. The molecule has 2 aromatic carbocycles. The van der Waals surface area contributed by atoms with E-state index in [4.69, 9.17) is 15.3 Å². The average molecular weight is 340 g/mol. The first kappa shape index (κ1) is 17.1. The van der Waals surface area contributed by atoms with Crippen LogP contribution >= 0.6 is 0 Å². The number of aliphatic hydroxyl groups is 2. The molecule has 3 N–H and O–H groups in total. The van der Waals surface area contributed by atoms with Crippen molar-refractivity contribution in [2.45, 2.75) is 19.6 Å². The Kier molecular flexibility index (Phi) is 4.53. The number of carboxylic acids is 1. The number of fused-ring (bicyclic) bond motifs is 1. The Balaban J connectivity index is 2.09. The predicted molar refractivity (Wildman–Crippen MR) is 92.7 cm³/mol. The maximum atomic E-state index is 13.6. The highest BCUT2D eigenvalue weighted by atomic mass is 19.1. The molecular weight excluding hydrogens is 323 g/mol. The number of allylic oxidation sites excluding steroid dienone is 2. The fourth-order valence-electron chi connectivity index (χ4n) is 3.06. The van der Waals surface area contributed by atoms with E-state index in [1.54, 1.807) is 30.3 Å². The van der Waals surface area contributed by atoms with Crippen LogP contribution in [0.15, 0.2) is 48.0 Å². The molecule has 0 aromatic heterocycles. The zero-order chi connectivity index (χ0) is 18.1. The third-order valence-electron chi connectivity index (χ3n) is 4.33. The minimum Gasteiger partial charge on any atom is -0.481 e. The van der Waals surface area contributed by atoms with Crippen molar-refractivity contribution in [3.05, 3.63) is 76.1 Å². The zero-order valence-electron chi connectivity index (χ0n) is 13.5. The zero-order valence-corrected chi connectivity index (χ0v) is 13.5. The van der Waals surface area contributed by atoms with Crippen LogP contribution in [-0.4, -0.2) is 21.3 Å². The van der Waals surface area contributed by atoms with E-state index in [1.165, 1.54) is 12.1 Å². The number of aliphatic hydroxyl groups excluding tert-OH is 1. The largest absolute Gasteiger partial charge is 0.481 e. The van der Waals surface area contributed by atoms with Gasteiger partial charge in [-0.05, 0) is 58.5 Å². The molecule has 0 saturated carbocycles. The van der Waals surface area contributed by atoms with E-state index >= 15 is 0 Å².